The zero-order valence-electron chi connectivity index (χ0n) is 16.9. The van der Waals surface area contributed by atoms with E-state index in [-0.39, 0.29) is 29.4 Å². The van der Waals surface area contributed by atoms with Crippen LogP contribution < -0.4 is 5.32 Å². The Labute approximate surface area is 162 Å². The molecule has 2 aliphatic heterocycles. The molecule has 2 amide bonds. The third-order valence-corrected chi connectivity index (χ3v) is 5.73. The Morgan fingerprint density at radius 2 is 2.00 bits per heavy atom. The standard InChI is InChI=1S/C21H32N4O2/c1-15(2)12-18(26)24-10-7-21(8-11-24)23-19(16(3)4)20(27)25(21)14-17-6-5-9-22-13-17/h5-6,9,13,15-16,19,23H,7-8,10-12,14H2,1-4H3. The molecule has 0 aromatic carbocycles. The predicted molar refractivity (Wildman–Crippen MR) is 105 cm³/mol. The Morgan fingerprint density at radius 3 is 2.56 bits per heavy atom. The number of piperidine rings is 1. The van der Waals surface area contributed by atoms with Crippen LogP contribution in [0.5, 0.6) is 0 Å². The summed E-state index contributed by atoms with van der Waals surface area (Å²) in [7, 11) is 0. The molecular weight excluding hydrogens is 340 g/mol. The van der Waals surface area contributed by atoms with Crippen molar-refractivity contribution in [1.29, 1.82) is 0 Å². The van der Waals surface area contributed by atoms with Crippen LogP contribution >= 0.6 is 0 Å². The first-order chi connectivity index (χ1) is 12.8. The van der Waals surface area contributed by atoms with Gasteiger partial charge < -0.3 is 9.80 Å². The lowest BCUT2D eigenvalue weighted by Gasteiger charge is -2.45. The number of carbonyl (C=O) groups excluding carboxylic acids is 2. The quantitative estimate of drug-likeness (QED) is 0.862. The molecular formula is C21H32N4O2. The summed E-state index contributed by atoms with van der Waals surface area (Å²) in [5.74, 6) is 0.986. The van der Waals surface area contributed by atoms with Crippen LogP contribution in [0, 0.1) is 11.8 Å². The molecule has 148 valence electrons. The molecule has 1 N–H and O–H groups in total. The fourth-order valence-corrected chi connectivity index (χ4v) is 4.18. The molecule has 2 fully saturated rings. The van der Waals surface area contributed by atoms with E-state index in [0.29, 0.717) is 32.0 Å². The molecule has 2 saturated heterocycles. The fraction of sp³-hybridized carbons (Fsp3) is 0.667. The minimum Gasteiger partial charge on any atom is -0.342 e. The van der Waals surface area contributed by atoms with Crippen molar-refractivity contribution in [3.05, 3.63) is 30.1 Å². The molecule has 6 heteroatoms. The van der Waals surface area contributed by atoms with E-state index in [1.54, 1.807) is 6.20 Å². The highest BCUT2D eigenvalue weighted by molar-refractivity contribution is 5.85. The van der Waals surface area contributed by atoms with Crippen molar-refractivity contribution in [3.8, 4) is 0 Å². The van der Waals surface area contributed by atoms with Gasteiger partial charge >= 0.3 is 0 Å². The van der Waals surface area contributed by atoms with Crippen molar-refractivity contribution < 1.29 is 9.59 Å². The van der Waals surface area contributed by atoms with Gasteiger partial charge in [-0.3, -0.25) is 19.9 Å². The fourth-order valence-electron chi connectivity index (χ4n) is 4.18. The second-order valence-electron chi connectivity index (χ2n) is 8.66. The lowest BCUT2D eigenvalue weighted by molar-refractivity contribution is -0.138. The normalized spacial score (nSPS) is 22.3. The Hall–Kier alpha value is -1.95. The summed E-state index contributed by atoms with van der Waals surface area (Å²) < 4.78 is 0. The van der Waals surface area contributed by atoms with Gasteiger partial charge in [0.25, 0.3) is 0 Å². The van der Waals surface area contributed by atoms with Gasteiger partial charge in [-0.15, -0.1) is 0 Å². The smallest absolute Gasteiger partial charge is 0.241 e. The molecule has 0 bridgehead atoms. The summed E-state index contributed by atoms with van der Waals surface area (Å²) in [5.41, 5.74) is 0.672. The minimum atomic E-state index is -0.365. The van der Waals surface area contributed by atoms with Crippen molar-refractivity contribution in [2.45, 2.75) is 65.2 Å². The van der Waals surface area contributed by atoms with Crippen molar-refractivity contribution in [3.63, 3.8) is 0 Å². The second-order valence-corrected chi connectivity index (χ2v) is 8.66. The van der Waals surface area contributed by atoms with Crippen LogP contribution in [0.15, 0.2) is 24.5 Å². The molecule has 1 unspecified atom stereocenters. The average Bonchev–Trinajstić information content (AvgIpc) is 2.89. The van der Waals surface area contributed by atoms with Gasteiger partial charge in [0, 0.05) is 51.3 Å². The van der Waals surface area contributed by atoms with E-state index in [0.717, 1.165) is 18.4 Å². The molecule has 1 spiro atoms. The summed E-state index contributed by atoms with van der Waals surface area (Å²) in [4.78, 5) is 33.7. The first kappa shape index (κ1) is 19.8. The third-order valence-electron chi connectivity index (χ3n) is 5.73. The predicted octanol–water partition coefficient (Wildman–Crippen LogP) is 2.40. The molecule has 27 heavy (non-hydrogen) atoms. The molecule has 2 aliphatic rings. The van der Waals surface area contributed by atoms with Crippen molar-refractivity contribution >= 4 is 11.8 Å². The first-order valence-electron chi connectivity index (χ1n) is 10.1. The van der Waals surface area contributed by atoms with E-state index in [1.807, 2.05) is 28.1 Å². The molecule has 0 aliphatic carbocycles. The zero-order chi connectivity index (χ0) is 19.6. The maximum absolute atomic E-state index is 13.1. The monoisotopic (exact) mass is 372 g/mol. The Kier molecular flexibility index (Phi) is 5.84. The third kappa shape index (κ3) is 4.15. The number of hydrogen-bond acceptors (Lipinski definition) is 4. The summed E-state index contributed by atoms with van der Waals surface area (Å²) in [6.45, 7) is 10.3. The Balaban J connectivity index is 1.77. The summed E-state index contributed by atoms with van der Waals surface area (Å²) in [6, 6.07) is 3.75. The van der Waals surface area contributed by atoms with Crippen LogP contribution in [-0.2, 0) is 16.1 Å². The van der Waals surface area contributed by atoms with Gasteiger partial charge in [0.05, 0.1) is 11.7 Å². The van der Waals surface area contributed by atoms with E-state index in [9.17, 15) is 9.59 Å². The van der Waals surface area contributed by atoms with Gasteiger partial charge in [-0.1, -0.05) is 33.8 Å². The van der Waals surface area contributed by atoms with E-state index < -0.39 is 0 Å². The number of nitrogens with zero attached hydrogens (tertiary/aromatic N) is 3. The number of carbonyl (C=O) groups is 2. The van der Waals surface area contributed by atoms with Crippen molar-refractivity contribution in [1.82, 2.24) is 20.1 Å². The largest absolute Gasteiger partial charge is 0.342 e. The van der Waals surface area contributed by atoms with Gasteiger partial charge in [-0.25, -0.2) is 0 Å². The minimum absolute atomic E-state index is 0.163. The number of rotatable bonds is 5. The number of amides is 2. The molecule has 1 aromatic rings. The van der Waals surface area contributed by atoms with Gasteiger partial charge in [0.15, 0.2) is 0 Å². The van der Waals surface area contributed by atoms with Crippen LogP contribution in [-0.4, -0.2) is 51.4 Å². The average molecular weight is 373 g/mol. The molecule has 6 nitrogen and oxygen atoms in total. The molecule has 0 radical (unpaired) electrons. The second kappa shape index (κ2) is 7.97. The molecule has 1 atom stereocenters. The van der Waals surface area contributed by atoms with Gasteiger partial charge in [0.1, 0.15) is 0 Å². The first-order valence-corrected chi connectivity index (χ1v) is 10.1. The number of pyridine rings is 1. The Morgan fingerprint density at radius 1 is 1.30 bits per heavy atom. The van der Waals surface area contributed by atoms with Crippen molar-refractivity contribution in [2.24, 2.45) is 11.8 Å². The van der Waals surface area contributed by atoms with Gasteiger partial charge in [-0.05, 0) is 23.5 Å². The maximum Gasteiger partial charge on any atom is 0.241 e. The lowest BCUT2D eigenvalue weighted by atomic mass is 9.94. The summed E-state index contributed by atoms with van der Waals surface area (Å²) in [5, 5.41) is 3.64. The zero-order valence-corrected chi connectivity index (χ0v) is 16.9. The number of aromatic nitrogens is 1. The molecule has 3 rings (SSSR count). The highest BCUT2D eigenvalue weighted by Gasteiger charge is 2.52. The highest BCUT2D eigenvalue weighted by atomic mass is 16.2. The van der Waals surface area contributed by atoms with E-state index >= 15 is 0 Å². The number of hydrogen-bond donors (Lipinski definition) is 1. The highest BCUT2D eigenvalue weighted by Crippen LogP contribution is 2.35. The summed E-state index contributed by atoms with van der Waals surface area (Å²) >= 11 is 0. The van der Waals surface area contributed by atoms with E-state index in [1.165, 1.54) is 0 Å². The summed E-state index contributed by atoms with van der Waals surface area (Å²) in [6.07, 6.45) is 5.70. The molecule has 3 heterocycles. The van der Waals surface area contributed by atoms with Crippen LogP contribution in [0.2, 0.25) is 0 Å². The van der Waals surface area contributed by atoms with Crippen LogP contribution in [0.1, 0.15) is 52.5 Å². The van der Waals surface area contributed by atoms with Crippen LogP contribution in [0.4, 0.5) is 0 Å². The van der Waals surface area contributed by atoms with Gasteiger partial charge in [0.2, 0.25) is 11.8 Å². The lowest BCUT2D eigenvalue weighted by Crippen LogP contribution is -2.59. The molecule has 0 saturated carbocycles. The van der Waals surface area contributed by atoms with Crippen LogP contribution in [0.3, 0.4) is 0 Å². The van der Waals surface area contributed by atoms with Crippen LogP contribution in [0.25, 0.3) is 0 Å². The van der Waals surface area contributed by atoms with Crippen molar-refractivity contribution in [2.75, 3.05) is 13.1 Å². The molecule has 1 aromatic heterocycles. The Bertz CT molecular complexity index is 666. The van der Waals surface area contributed by atoms with E-state index in [4.69, 9.17) is 0 Å². The number of likely N-dealkylation sites (tertiary alicyclic amines) is 1. The topological polar surface area (TPSA) is 65.5 Å². The van der Waals surface area contributed by atoms with E-state index in [2.05, 4.69) is 38.0 Å². The number of nitrogens with one attached hydrogen (secondary N) is 1. The SMILES string of the molecule is CC(C)CC(=O)N1CCC2(CC1)NC(C(C)C)C(=O)N2Cc1cccnc1. The maximum atomic E-state index is 13.1. The van der Waals surface area contributed by atoms with Gasteiger partial charge in [-0.2, -0.15) is 0 Å².